The van der Waals surface area contributed by atoms with Gasteiger partial charge < -0.3 is 14.7 Å². The lowest BCUT2D eigenvalue weighted by molar-refractivity contribution is 0.0938. The van der Waals surface area contributed by atoms with Crippen molar-refractivity contribution in [2.75, 3.05) is 26.2 Å². The molecule has 1 aliphatic heterocycles. The average Bonchev–Trinajstić information content (AvgIpc) is 3.43. The molecule has 3 heterocycles. The van der Waals surface area contributed by atoms with E-state index < -0.39 is 0 Å². The van der Waals surface area contributed by atoms with Crippen LogP contribution < -0.4 is 5.32 Å². The molecule has 2 aromatic heterocycles. The van der Waals surface area contributed by atoms with Crippen LogP contribution in [0.1, 0.15) is 60.3 Å². The Bertz CT molecular complexity index is 773. The third-order valence-corrected chi connectivity index (χ3v) is 5.58. The van der Waals surface area contributed by atoms with E-state index in [2.05, 4.69) is 27.3 Å². The molecule has 1 amide bonds. The fourth-order valence-electron chi connectivity index (χ4n) is 3.72. The van der Waals surface area contributed by atoms with Crippen LogP contribution in [0, 0.1) is 12.8 Å². The second kappa shape index (κ2) is 6.75. The maximum Gasteiger partial charge on any atom is 0.259 e. The normalized spacial score (nSPS) is 19.4. The molecule has 2 aliphatic rings. The molecule has 0 aromatic carbocycles. The third-order valence-electron chi connectivity index (χ3n) is 5.58. The number of nitrogens with zero attached hydrogens (tertiary/aromatic N) is 3. The number of carbonyl (C=O) groups is 1. The second-order valence-electron chi connectivity index (χ2n) is 7.40. The Labute approximate surface area is 148 Å². The van der Waals surface area contributed by atoms with E-state index in [1.54, 1.807) is 0 Å². The van der Waals surface area contributed by atoms with Gasteiger partial charge in [0.2, 0.25) is 0 Å². The zero-order valence-corrected chi connectivity index (χ0v) is 15.0. The number of likely N-dealkylation sites (tertiary alicyclic amines) is 1. The van der Waals surface area contributed by atoms with Crippen molar-refractivity contribution in [3.8, 4) is 0 Å². The van der Waals surface area contributed by atoms with Crippen molar-refractivity contribution in [3.63, 3.8) is 0 Å². The molecule has 6 nitrogen and oxygen atoms in total. The van der Waals surface area contributed by atoms with Crippen molar-refractivity contribution in [1.29, 1.82) is 0 Å². The number of aromatic nitrogens is 2. The molecule has 0 unspecified atom stereocenters. The fraction of sp³-hybridized carbons (Fsp3) is 0.632. The lowest BCUT2D eigenvalue weighted by Gasteiger charge is -2.31. The first-order chi connectivity index (χ1) is 12.2. The highest BCUT2D eigenvalue weighted by Crippen LogP contribution is 2.40. The molecule has 2 fully saturated rings. The van der Waals surface area contributed by atoms with E-state index in [1.165, 1.54) is 0 Å². The number of carbonyl (C=O) groups excluding carboxylic acids is 1. The molecule has 0 atom stereocenters. The number of piperidine rings is 1. The molecule has 0 spiro atoms. The van der Waals surface area contributed by atoms with Crippen LogP contribution in [-0.4, -0.2) is 47.1 Å². The smallest absolute Gasteiger partial charge is 0.259 e. The standard InChI is InChI=1S/C19H26N4O2/c1-3-23-8-6-13(7-9-23)11-20-18(24)15-10-16(14-4-5-14)21-19-17(15)12(2)22-25-19/h10,13-14H,3-9,11H2,1-2H3,(H,20,24). The van der Waals surface area contributed by atoms with Gasteiger partial charge in [0.05, 0.1) is 16.6 Å². The van der Waals surface area contributed by atoms with Crippen LogP contribution in [0.4, 0.5) is 0 Å². The van der Waals surface area contributed by atoms with Gasteiger partial charge in [-0.15, -0.1) is 0 Å². The van der Waals surface area contributed by atoms with Crippen molar-refractivity contribution >= 4 is 17.0 Å². The number of hydrogen-bond donors (Lipinski definition) is 1. The minimum Gasteiger partial charge on any atom is -0.352 e. The van der Waals surface area contributed by atoms with Crippen molar-refractivity contribution in [2.24, 2.45) is 5.92 Å². The summed E-state index contributed by atoms with van der Waals surface area (Å²) in [5.41, 5.74) is 2.84. The number of rotatable bonds is 5. The van der Waals surface area contributed by atoms with E-state index in [1.807, 2.05) is 13.0 Å². The Hall–Kier alpha value is -1.95. The summed E-state index contributed by atoms with van der Waals surface area (Å²) in [7, 11) is 0. The first-order valence-electron chi connectivity index (χ1n) is 9.43. The minimum absolute atomic E-state index is 0.0291. The van der Waals surface area contributed by atoms with Gasteiger partial charge in [-0.05, 0) is 64.2 Å². The van der Waals surface area contributed by atoms with Crippen LogP contribution >= 0.6 is 0 Å². The number of pyridine rings is 1. The molecule has 0 radical (unpaired) electrons. The highest BCUT2D eigenvalue weighted by atomic mass is 16.5. The molecule has 134 valence electrons. The summed E-state index contributed by atoms with van der Waals surface area (Å²) in [4.78, 5) is 19.9. The molecule has 25 heavy (non-hydrogen) atoms. The van der Waals surface area contributed by atoms with Crippen molar-refractivity contribution < 1.29 is 9.32 Å². The Morgan fingerprint density at radius 1 is 1.32 bits per heavy atom. The van der Waals surface area contributed by atoms with E-state index in [4.69, 9.17) is 4.52 Å². The largest absolute Gasteiger partial charge is 0.352 e. The van der Waals surface area contributed by atoms with Gasteiger partial charge in [0, 0.05) is 18.2 Å². The van der Waals surface area contributed by atoms with E-state index in [0.29, 0.717) is 23.1 Å². The Morgan fingerprint density at radius 2 is 2.08 bits per heavy atom. The highest BCUT2D eigenvalue weighted by molar-refractivity contribution is 6.06. The quantitative estimate of drug-likeness (QED) is 0.905. The predicted octanol–water partition coefficient (Wildman–Crippen LogP) is 2.87. The van der Waals surface area contributed by atoms with E-state index in [0.717, 1.165) is 68.6 Å². The van der Waals surface area contributed by atoms with Crippen molar-refractivity contribution in [3.05, 3.63) is 23.0 Å². The Balaban J connectivity index is 1.49. The average molecular weight is 342 g/mol. The zero-order valence-electron chi connectivity index (χ0n) is 15.0. The van der Waals surface area contributed by atoms with E-state index >= 15 is 0 Å². The summed E-state index contributed by atoms with van der Waals surface area (Å²) in [6, 6.07) is 1.94. The Kier molecular flexibility index (Phi) is 4.46. The van der Waals surface area contributed by atoms with Crippen LogP contribution in [0.5, 0.6) is 0 Å². The molecule has 2 aromatic rings. The lowest BCUT2D eigenvalue weighted by Crippen LogP contribution is -2.38. The number of amides is 1. The van der Waals surface area contributed by atoms with Crippen molar-refractivity contribution in [2.45, 2.75) is 45.4 Å². The number of aryl methyl sites for hydroxylation is 1. The fourth-order valence-corrected chi connectivity index (χ4v) is 3.72. The lowest BCUT2D eigenvalue weighted by atomic mass is 9.96. The number of nitrogens with one attached hydrogen (secondary N) is 1. The molecule has 4 rings (SSSR count). The summed E-state index contributed by atoms with van der Waals surface area (Å²) in [6.45, 7) is 8.19. The second-order valence-corrected chi connectivity index (χ2v) is 7.40. The van der Waals surface area contributed by atoms with Crippen LogP contribution in [-0.2, 0) is 0 Å². The van der Waals surface area contributed by atoms with Gasteiger partial charge in [0.25, 0.3) is 11.6 Å². The summed E-state index contributed by atoms with van der Waals surface area (Å²) in [5, 5.41) is 7.90. The van der Waals surface area contributed by atoms with Gasteiger partial charge in [-0.2, -0.15) is 0 Å². The summed E-state index contributed by atoms with van der Waals surface area (Å²) >= 11 is 0. The number of fused-ring (bicyclic) bond motifs is 1. The zero-order chi connectivity index (χ0) is 17.4. The maximum atomic E-state index is 12.8. The molecule has 1 saturated carbocycles. The summed E-state index contributed by atoms with van der Waals surface area (Å²) in [5.74, 6) is 1.01. The van der Waals surface area contributed by atoms with E-state index in [-0.39, 0.29) is 5.91 Å². The van der Waals surface area contributed by atoms with Gasteiger partial charge in [0.1, 0.15) is 0 Å². The minimum atomic E-state index is -0.0291. The molecule has 6 heteroatoms. The summed E-state index contributed by atoms with van der Waals surface area (Å²) in [6.07, 6.45) is 4.59. The van der Waals surface area contributed by atoms with Gasteiger partial charge in [-0.25, -0.2) is 4.98 Å². The molecular weight excluding hydrogens is 316 g/mol. The third kappa shape index (κ3) is 3.40. The summed E-state index contributed by atoms with van der Waals surface area (Å²) < 4.78 is 5.33. The highest BCUT2D eigenvalue weighted by Gasteiger charge is 2.29. The van der Waals surface area contributed by atoms with Crippen LogP contribution in [0.3, 0.4) is 0 Å². The Morgan fingerprint density at radius 3 is 2.76 bits per heavy atom. The monoisotopic (exact) mass is 342 g/mol. The van der Waals surface area contributed by atoms with Crippen LogP contribution in [0.15, 0.2) is 10.6 Å². The van der Waals surface area contributed by atoms with Crippen molar-refractivity contribution in [1.82, 2.24) is 20.4 Å². The predicted molar refractivity (Wildman–Crippen MR) is 95.7 cm³/mol. The maximum absolute atomic E-state index is 12.8. The van der Waals surface area contributed by atoms with Gasteiger partial charge in [-0.3, -0.25) is 4.79 Å². The van der Waals surface area contributed by atoms with Crippen LogP contribution in [0.25, 0.3) is 11.1 Å². The first-order valence-corrected chi connectivity index (χ1v) is 9.43. The number of hydrogen-bond acceptors (Lipinski definition) is 5. The molecular formula is C19H26N4O2. The van der Waals surface area contributed by atoms with Gasteiger partial charge in [0.15, 0.2) is 0 Å². The van der Waals surface area contributed by atoms with Gasteiger partial charge in [-0.1, -0.05) is 12.1 Å². The van der Waals surface area contributed by atoms with E-state index in [9.17, 15) is 4.79 Å². The molecule has 1 saturated heterocycles. The molecule has 1 N–H and O–H groups in total. The molecule has 1 aliphatic carbocycles. The first kappa shape index (κ1) is 16.5. The van der Waals surface area contributed by atoms with Gasteiger partial charge >= 0.3 is 0 Å². The molecule has 0 bridgehead atoms. The topological polar surface area (TPSA) is 71.3 Å². The SMILES string of the molecule is CCN1CCC(CNC(=O)c2cc(C3CC3)nc3onc(C)c23)CC1. The van der Waals surface area contributed by atoms with Crippen LogP contribution in [0.2, 0.25) is 0 Å².